The second-order valence-electron chi connectivity index (χ2n) is 2.98. The number of pyridine rings is 1. The third kappa shape index (κ3) is 1.22. The van der Waals surface area contributed by atoms with Crippen LogP contribution in [0, 0.1) is 12.9 Å². The molecule has 1 aromatic carbocycles. The monoisotopic (exact) mass is 177 g/mol. The Labute approximate surface area is 74.0 Å². The molecule has 0 bridgehead atoms. The highest BCUT2D eigenvalue weighted by molar-refractivity contribution is 5.84. The van der Waals surface area contributed by atoms with Gasteiger partial charge < -0.3 is 0 Å². The van der Waals surface area contributed by atoms with E-state index >= 15 is 0 Å². The van der Waals surface area contributed by atoms with E-state index in [1.165, 1.54) is 6.07 Å². The fourth-order valence-electron chi connectivity index (χ4n) is 1.41. The van der Waals surface area contributed by atoms with Crippen molar-refractivity contribution in [3.8, 4) is 0 Å². The van der Waals surface area contributed by atoms with Crippen LogP contribution in [0.3, 0.4) is 0 Å². The normalized spacial score (nSPS) is 10.6. The van der Waals surface area contributed by atoms with Crippen molar-refractivity contribution in [2.45, 2.75) is 6.92 Å². The first-order chi connectivity index (χ1) is 6.18. The molecule has 0 unspecified atom stereocenters. The highest BCUT2D eigenvalue weighted by atomic mass is 19.1. The molecule has 0 saturated heterocycles. The van der Waals surface area contributed by atoms with Gasteiger partial charge in [0.05, 0.1) is 0 Å². The Morgan fingerprint density at radius 3 is 2.85 bits per heavy atom. The van der Waals surface area contributed by atoms with Crippen molar-refractivity contribution >= 4 is 10.8 Å². The molecule has 0 aliphatic heterocycles. The lowest BCUT2D eigenvalue weighted by Crippen LogP contribution is -2.08. The molecule has 0 fully saturated rings. The van der Waals surface area contributed by atoms with Gasteiger partial charge in [-0.15, -0.1) is 0 Å². The number of hydrogen-bond acceptors (Lipinski definition) is 1. The Morgan fingerprint density at radius 1 is 1.31 bits per heavy atom. The van der Waals surface area contributed by atoms with E-state index < -0.39 is 5.95 Å². The van der Waals surface area contributed by atoms with Gasteiger partial charge in [-0.3, -0.25) is 9.78 Å². The summed E-state index contributed by atoms with van der Waals surface area (Å²) in [6.45, 7) is 1.85. The summed E-state index contributed by atoms with van der Waals surface area (Å²) in [5.74, 6) is -0.591. The van der Waals surface area contributed by atoms with Gasteiger partial charge in [-0.1, -0.05) is 12.1 Å². The van der Waals surface area contributed by atoms with Crippen LogP contribution in [0.5, 0.6) is 0 Å². The second-order valence-corrected chi connectivity index (χ2v) is 2.98. The van der Waals surface area contributed by atoms with E-state index in [1.807, 2.05) is 13.0 Å². The molecule has 2 rings (SSSR count). The maximum atomic E-state index is 12.8. The standard InChI is InChI=1S/C10H8FNO/c1-6-3-2-4-7-8(6)5-9(11)12-10(7)13/h2-5H,1H3,(H,12,13). The van der Waals surface area contributed by atoms with Crippen molar-refractivity contribution in [1.29, 1.82) is 0 Å². The van der Waals surface area contributed by atoms with Gasteiger partial charge in [-0.25, -0.2) is 0 Å². The van der Waals surface area contributed by atoms with E-state index in [0.717, 1.165) is 5.56 Å². The van der Waals surface area contributed by atoms with E-state index in [2.05, 4.69) is 4.98 Å². The van der Waals surface area contributed by atoms with E-state index in [9.17, 15) is 9.18 Å². The summed E-state index contributed by atoms with van der Waals surface area (Å²) in [6.07, 6.45) is 0. The van der Waals surface area contributed by atoms with Crippen LogP contribution in [0.1, 0.15) is 5.56 Å². The van der Waals surface area contributed by atoms with E-state index in [1.54, 1.807) is 12.1 Å². The van der Waals surface area contributed by atoms with Crippen molar-refractivity contribution < 1.29 is 4.39 Å². The molecule has 0 amide bonds. The lowest BCUT2D eigenvalue weighted by molar-refractivity contribution is 0.582. The molecule has 0 aliphatic rings. The molecule has 66 valence electrons. The van der Waals surface area contributed by atoms with Crippen LogP contribution < -0.4 is 5.56 Å². The number of fused-ring (bicyclic) bond motifs is 1. The lowest BCUT2D eigenvalue weighted by Gasteiger charge is -1.99. The zero-order valence-corrected chi connectivity index (χ0v) is 7.10. The fourth-order valence-corrected chi connectivity index (χ4v) is 1.41. The summed E-state index contributed by atoms with van der Waals surface area (Å²) in [5, 5.41) is 1.20. The van der Waals surface area contributed by atoms with Crippen molar-refractivity contribution in [3.05, 3.63) is 46.1 Å². The second kappa shape index (κ2) is 2.69. The number of rotatable bonds is 0. The topological polar surface area (TPSA) is 32.9 Å². The van der Waals surface area contributed by atoms with E-state index in [-0.39, 0.29) is 5.56 Å². The van der Waals surface area contributed by atoms with Crippen LogP contribution in [0.2, 0.25) is 0 Å². The molecule has 0 radical (unpaired) electrons. The lowest BCUT2D eigenvalue weighted by atomic mass is 10.1. The zero-order valence-electron chi connectivity index (χ0n) is 7.10. The Kier molecular flexibility index (Phi) is 1.65. The quantitative estimate of drug-likeness (QED) is 0.613. The predicted octanol–water partition coefficient (Wildman–Crippen LogP) is 1.98. The van der Waals surface area contributed by atoms with E-state index in [0.29, 0.717) is 10.8 Å². The van der Waals surface area contributed by atoms with Gasteiger partial charge in [-0.2, -0.15) is 4.39 Å². The number of aromatic nitrogens is 1. The first-order valence-corrected chi connectivity index (χ1v) is 3.96. The minimum absolute atomic E-state index is 0.376. The average molecular weight is 177 g/mol. The fraction of sp³-hybridized carbons (Fsp3) is 0.100. The molecule has 1 aromatic heterocycles. The third-order valence-electron chi connectivity index (χ3n) is 2.07. The van der Waals surface area contributed by atoms with Crippen LogP contribution in [0.4, 0.5) is 4.39 Å². The van der Waals surface area contributed by atoms with Crippen LogP contribution in [0.15, 0.2) is 29.1 Å². The van der Waals surface area contributed by atoms with Gasteiger partial charge in [0.2, 0.25) is 0 Å². The number of aryl methyl sites for hydroxylation is 1. The maximum absolute atomic E-state index is 12.8. The minimum Gasteiger partial charge on any atom is -0.298 e. The van der Waals surface area contributed by atoms with Crippen molar-refractivity contribution in [3.63, 3.8) is 0 Å². The maximum Gasteiger partial charge on any atom is 0.257 e. The molecule has 1 N–H and O–H groups in total. The predicted molar refractivity (Wildman–Crippen MR) is 49.3 cm³/mol. The number of hydrogen-bond donors (Lipinski definition) is 1. The molecule has 13 heavy (non-hydrogen) atoms. The molecular weight excluding hydrogens is 169 g/mol. The van der Waals surface area contributed by atoms with Gasteiger partial charge in [0, 0.05) is 5.39 Å². The van der Waals surface area contributed by atoms with Crippen LogP contribution in [-0.4, -0.2) is 4.98 Å². The molecule has 3 heteroatoms. The average Bonchev–Trinajstić information content (AvgIpc) is 2.07. The largest absolute Gasteiger partial charge is 0.298 e. The smallest absolute Gasteiger partial charge is 0.257 e. The molecule has 0 spiro atoms. The summed E-state index contributed by atoms with van der Waals surface area (Å²) in [5.41, 5.74) is 0.529. The molecular formula is C10H8FNO. The number of benzene rings is 1. The minimum atomic E-state index is -0.591. The molecule has 0 atom stereocenters. The van der Waals surface area contributed by atoms with Gasteiger partial charge in [0.1, 0.15) is 0 Å². The van der Waals surface area contributed by atoms with Crippen LogP contribution >= 0.6 is 0 Å². The summed E-state index contributed by atoms with van der Waals surface area (Å²) in [4.78, 5) is 13.4. The van der Waals surface area contributed by atoms with Gasteiger partial charge in [0.15, 0.2) is 5.95 Å². The summed E-state index contributed by atoms with van der Waals surface area (Å²) >= 11 is 0. The molecule has 2 nitrogen and oxygen atoms in total. The van der Waals surface area contributed by atoms with E-state index in [4.69, 9.17) is 0 Å². The first-order valence-electron chi connectivity index (χ1n) is 3.96. The summed E-state index contributed by atoms with van der Waals surface area (Å²) in [6, 6.07) is 6.65. The first kappa shape index (κ1) is 7.98. The van der Waals surface area contributed by atoms with Crippen molar-refractivity contribution in [1.82, 2.24) is 4.98 Å². The highest BCUT2D eigenvalue weighted by Gasteiger charge is 2.02. The van der Waals surface area contributed by atoms with Crippen molar-refractivity contribution in [2.24, 2.45) is 0 Å². The summed E-state index contributed by atoms with van der Waals surface area (Å²) in [7, 11) is 0. The molecule has 0 saturated carbocycles. The molecule has 0 aliphatic carbocycles. The zero-order chi connectivity index (χ0) is 9.42. The highest BCUT2D eigenvalue weighted by Crippen LogP contribution is 2.14. The Bertz CT molecular complexity index is 516. The van der Waals surface area contributed by atoms with Crippen molar-refractivity contribution in [2.75, 3.05) is 0 Å². The number of halogens is 1. The third-order valence-corrected chi connectivity index (χ3v) is 2.07. The molecule has 1 heterocycles. The number of H-pyrrole nitrogens is 1. The van der Waals surface area contributed by atoms with Crippen LogP contribution in [0.25, 0.3) is 10.8 Å². The Morgan fingerprint density at radius 2 is 2.08 bits per heavy atom. The SMILES string of the molecule is Cc1cccc2c(=O)[nH]c(F)cc12. The number of aromatic amines is 1. The molecule has 2 aromatic rings. The number of nitrogens with one attached hydrogen (secondary N) is 1. The van der Waals surface area contributed by atoms with Gasteiger partial charge >= 0.3 is 0 Å². The van der Waals surface area contributed by atoms with Gasteiger partial charge in [-0.05, 0) is 30.0 Å². The Balaban J connectivity index is 3.03. The summed E-state index contributed by atoms with van der Waals surface area (Å²) < 4.78 is 12.8. The van der Waals surface area contributed by atoms with Crippen LogP contribution in [-0.2, 0) is 0 Å². The Hall–Kier alpha value is -1.64. The van der Waals surface area contributed by atoms with Gasteiger partial charge in [0.25, 0.3) is 5.56 Å².